The Morgan fingerprint density at radius 3 is 2.73 bits per heavy atom. The summed E-state index contributed by atoms with van der Waals surface area (Å²) >= 11 is 0. The predicted octanol–water partition coefficient (Wildman–Crippen LogP) is 3.38. The lowest BCUT2D eigenvalue weighted by Crippen LogP contribution is -2.34. The van der Waals surface area contributed by atoms with Crippen molar-refractivity contribution in [3.05, 3.63) is 42.5 Å². The van der Waals surface area contributed by atoms with Crippen LogP contribution >= 0.6 is 0 Å². The highest BCUT2D eigenvalue weighted by molar-refractivity contribution is 5.85. The van der Waals surface area contributed by atoms with Crippen LogP contribution in [-0.4, -0.2) is 24.0 Å². The minimum atomic E-state index is 0.0845. The van der Waals surface area contributed by atoms with Gasteiger partial charge in [0.1, 0.15) is 12.1 Å². The number of ether oxygens (including phenoxy) is 1. The summed E-state index contributed by atoms with van der Waals surface area (Å²) < 4.78 is 8.22. The number of para-hydroxylation sites is 3. The summed E-state index contributed by atoms with van der Waals surface area (Å²) in [6.07, 6.45) is 2.12. The van der Waals surface area contributed by atoms with Gasteiger partial charge in [0.2, 0.25) is 16.9 Å². The number of amides is 1. The molecule has 5 nitrogen and oxygen atoms in total. The molecule has 136 valence electrons. The smallest absolute Gasteiger partial charge is 0.235 e. The van der Waals surface area contributed by atoms with Gasteiger partial charge in [-0.2, -0.15) is 4.57 Å². The molecule has 26 heavy (non-hydrogen) atoms. The van der Waals surface area contributed by atoms with Gasteiger partial charge in [0.05, 0.1) is 6.61 Å². The SMILES string of the molecule is CCCNC(=O)CCCOc1cccc2c1nc1ccccc1[n+]2CC. The molecule has 0 saturated heterocycles. The van der Waals surface area contributed by atoms with E-state index in [1.54, 1.807) is 0 Å². The van der Waals surface area contributed by atoms with E-state index in [9.17, 15) is 4.79 Å². The monoisotopic (exact) mass is 352 g/mol. The Balaban J connectivity index is 1.79. The highest BCUT2D eigenvalue weighted by Crippen LogP contribution is 2.24. The van der Waals surface area contributed by atoms with E-state index in [0.29, 0.717) is 19.4 Å². The number of benzene rings is 2. The van der Waals surface area contributed by atoms with E-state index >= 15 is 0 Å². The number of nitrogens with one attached hydrogen (secondary N) is 1. The van der Waals surface area contributed by atoms with Gasteiger partial charge in [-0.3, -0.25) is 4.79 Å². The highest BCUT2D eigenvalue weighted by atomic mass is 16.5. The molecular weight excluding hydrogens is 326 g/mol. The summed E-state index contributed by atoms with van der Waals surface area (Å²) in [5.74, 6) is 0.853. The lowest BCUT2D eigenvalue weighted by Gasteiger charge is -2.09. The van der Waals surface area contributed by atoms with Crippen molar-refractivity contribution in [1.82, 2.24) is 10.3 Å². The van der Waals surface area contributed by atoms with Gasteiger partial charge in [-0.25, -0.2) is 4.98 Å². The third-order valence-electron chi connectivity index (χ3n) is 4.37. The second-order valence-electron chi connectivity index (χ2n) is 6.27. The average Bonchev–Trinajstić information content (AvgIpc) is 2.68. The maximum atomic E-state index is 11.7. The van der Waals surface area contributed by atoms with Crippen molar-refractivity contribution in [2.45, 2.75) is 39.7 Å². The van der Waals surface area contributed by atoms with E-state index in [-0.39, 0.29) is 5.91 Å². The van der Waals surface area contributed by atoms with Crippen molar-refractivity contribution in [3.63, 3.8) is 0 Å². The molecule has 0 radical (unpaired) electrons. The third-order valence-corrected chi connectivity index (χ3v) is 4.37. The van der Waals surface area contributed by atoms with Crippen molar-refractivity contribution in [3.8, 4) is 5.75 Å². The fourth-order valence-corrected chi connectivity index (χ4v) is 3.10. The second kappa shape index (κ2) is 8.61. The summed E-state index contributed by atoms with van der Waals surface area (Å²) in [4.78, 5) is 16.5. The zero-order valence-electron chi connectivity index (χ0n) is 15.5. The second-order valence-corrected chi connectivity index (χ2v) is 6.27. The van der Waals surface area contributed by atoms with E-state index in [1.807, 2.05) is 37.3 Å². The topological polar surface area (TPSA) is 55.1 Å². The first-order valence-electron chi connectivity index (χ1n) is 9.35. The Labute approximate surface area is 154 Å². The largest absolute Gasteiger partial charge is 0.491 e. The first-order valence-corrected chi connectivity index (χ1v) is 9.35. The van der Waals surface area contributed by atoms with Crippen molar-refractivity contribution in [2.24, 2.45) is 0 Å². The van der Waals surface area contributed by atoms with Gasteiger partial charge in [-0.05, 0) is 31.9 Å². The Hall–Kier alpha value is -2.69. The summed E-state index contributed by atoms with van der Waals surface area (Å²) in [5, 5.41) is 2.89. The van der Waals surface area contributed by atoms with Crippen LogP contribution in [0.4, 0.5) is 0 Å². The fourth-order valence-electron chi connectivity index (χ4n) is 3.10. The lowest BCUT2D eigenvalue weighted by molar-refractivity contribution is -0.641. The molecule has 1 N–H and O–H groups in total. The van der Waals surface area contributed by atoms with Gasteiger partial charge < -0.3 is 10.1 Å². The van der Waals surface area contributed by atoms with Crippen molar-refractivity contribution < 1.29 is 14.1 Å². The van der Waals surface area contributed by atoms with Crippen LogP contribution in [0.3, 0.4) is 0 Å². The molecule has 1 aromatic heterocycles. The number of nitrogens with zero attached hydrogens (tertiary/aromatic N) is 2. The predicted molar refractivity (Wildman–Crippen MR) is 103 cm³/mol. The summed E-state index contributed by atoms with van der Waals surface area (Å²) in [7, 11) is 0. The number of carbonyl (C=O) groups is 1. The zero-order chi connectivity index (χ0) is 18.4. The number of fused-ring (bicyclic) bond motifs is 2. The number of rotatable bonds is 8. The molecule has 3 rings (SSSR count). The number of aromatic nitrogens is 2. The molecule has 5 heteroatoms. The Morgan fingerprint density at radius 1 is 1.12 bits per heavy atom. The van der Waals surface area contributed by atoms with E-state index in [4.69, 9.17) is 9.72 Å². The van der Waals surface area contributed by atoms with Gasteiger partial charge in [0.15, 0.2) is 11.3 Å². The minimum absolute atomic E-state index is 0.0845. The number of carbonyl (C=O) groups excluding carboxylic acids is 1. The van der Waals surface area contributed by atoms with Gasteiger partial charge in [0, 0.05) is 25.1 Å². The lowest BCUT2D eigenvalue weighted by atomic mass is 10.2. The zero-order valence-corrected chi connectivity index (χ0v) is 15.5. The molecule has 3 aromatic rings. The Kier molecular flexibility index (Phi) is 6.00. The van der Waals surface area contributed by atoms with E-state index in [1.165, 1.54) is 0 Å². The van der Waals surface area contributed by atoms with Crippen LogP contribution in [0.15, 0.2) is 42.5 Å². The highest BCUT2D eigenvalue weighted by Gasteiger charge is 2.17. The summed E-state index contributed by atoms with van der Waals surface area (Å²) in [6.45, 7) is 6.27. The van der Waals surface area contributed by atoms with E-state index in [0.717, 1.165) is 47.3 Å². The van der Waals surface area contributed by atoms with Crippen LogP contribution in [-0.2, 0) is 11.3 Å². The summed E-state index contributed by atoms with van der Waals surface area (Å²) in [5.41, 5.74) is 4.00. The molecule has 0 bridgehead atoms. The Bertz CT molecular complexity index is 908. The standard InChI is InChI=1S/C21H25N3O2/c1-3-14-22-20(25)13-8-15-26-19-12-7-11-18-21(19)23-16-9-5-6-10-17(16)24(18)4-2/h5-7,9-12H,3-4,8,13-15H2,1-2H3/p+1. The van der Waals surface area contributed by atoms with Gasteiger partial charge in [-0.15, -0.1) is 0 Å². The van der Waals surface area contributed by atoms with Gasteiger partial charge in [0.25, 0.3) is 0 Å². The third kappa shape index (κ3) is 3.93. The maximum absolute atomic E-state index is 11.7. The van der Waals surface area contributed by atoms with Crippen molar-refractivity contribution in [1.29, 1.82) is 0 Å². The molecule has 0 aliphatic rings. The first kappa shape index (κ1) is 18.1. The first-order chi connectivity index (χ1) is 12.7. The number of hydrogen-bond acceptors (Lipinski definition) is 3. The molecule has 0 saturated carbocycles. The molecular formula is C21H26N3O2+. The summed E-state index contributed by atoms with van der Waals surface area (Å²) in [6, 6.07) is 14.2. The number of aryl methyl sites for hydroxylation is 1. The molecule has 1 heterocycles. The molecule has 1 amide bonds. The number of hydrogen-bond donors (Lipinski definition) is 1. The van der Waals surface area contributed by atoms with Crippen LogP contribution < -0.4 is 14.6 Å². The van der Waals surface area contributed by atoms with E-state index < -0.39 is 0 Å². The molecule has 0 unspecified atom stereocenters. The van der Waals surface area contributed by atoms with Crippen LogP contribution in [0.1, 0.15) is 33.1 Å². The molecule has 0 atom stereocenters. The molecule has 0 fully saturated rings. The maximum Gasteiger partial charge on any atom is 0.235 e. The van der Waals surface area contributed by atoms with Crippen LogP contribution in [0.5, 0.6) is 5.75 Å². The van der Waals surface area contributed by atoms with E-state index in [2.05, 4.69) is 28.9 Å². The van der Waals surface area contributed by atoms with Gasteiger partial charge >= 0.3 is 0 Å². The quantitative estimate of drug-likeness (QED) is 0.384. The normalized spacial score (nSPS) is 11.0. The van der Waals surface area contributed by atoms with Crippen LogP contribution in [0.25, 0.3) is 22.1 Å². The fraction of sp³-hybridized carbons (Fsp3) is 0.381. The van der Waals surface area contributed by atoms with Crippen LogP contribution in [0.2, 0.25) is 0 Å². The molecule has 0 spiro atoms. The molecule has 0 aliphatic heterocycles. The average molecular weight is 352 g/mol. The minimum Gasteiger partial charge on any atom is -0.491 e. The van der Waals surface area contributed by atoms with Crippen molar-refractivity contribution in [2.75, 3.05) is 13.2 Å². The van der Waals surface area contributed by atoms with Crippen molar-refractivity contribution >= 4 is 28.0 Å². The van der Waals surface area contributed by atoms with Gasteiger partial charge in [-0.1, -0.05) is 25.1 Å². The molecule has 2 aromatic carbocycles. The molecule has 0 aliphatic carbocycles. The van der Waals surface area contributed by atoms with Crippen LogP contribution in [0, 0.1) is 0 Å². The Morgan fingerprint density at radius 2 is 1.92 bits per heavy atom.